The zero-order chi connectivity index (χ0) is 19.6. The van der Waals surface area contributed by atoms with Gasteiger partial charge in [0.1, 0.15) is 11.0 Å². The van der Waals surface area contributed by atoms with E-state index < -0.39 is 9.84 Å². The van der Waals surface area contributed by atoms with Gasteiger partial charge < -0.3 is 0 Å². The smallest absolute Gasteiger partial charge is 0.208 e. The summed E-state index contributed by atoms with van der Waals surface area (Å²) in [5.41, 5.74) is 4.72. The van der Waals surface area contributed by atoms with E-state index in [1.165, 1.54) is 35.4 Å². The summed E-state index contributed by atoms with van der Waals surface area (Å²) in [5, 5.41) is 4.27. The van der Waals surface area contributed by atoms with E-state index in [4.69, 9.17) is 11.6 Å². The molecule has 4 rings (SSSR count). The van der Waals surface area contributed by atoms with Crippen molar-refractivity contribution in [3.05, 3.63) is 84.4 Å². The number of sulfone groups is 1. The molecule has 3 heterocycles. The molecule has 1 aromatic carbocycles. The minimum absolute atomic E-state index is 0.0106. The van der Waals surface area contributed by atoms with Crippen LogP contribution in [-0.4, -0.2) is 28.3 Å². The third-order valence-corrected chi connectivity index (χ3v) is 5.87. The highest BCUT2D eigenvalue weighted by molar-refractivity contribution is 7.91. The highest BCUT2D eigenvalue weighted by Crippen LogP contribution is 2.25. The number of aromatic nitrogens is 4. The second-order valence-electron chi connectivity index (χ2n) is 5.81. The maximum Gasteiger partial charge on any atom is 0.208 e. The van der Waals surface area contributed by atoms with Gasteiger partial charge in [-0.2, -0.15) is 9.89 Å². The van der Waals surface area contributed by atoms with Gasteiger partial charge in [-0.1, -0.05) is 41.9 Å². The Balaban J connectivity index is 1.71. The molecular weight excluding hydrogens is 398 g/mol. The highest BCUT2D eigenvalue weighted by atomic mass is 35.5. The van der Waals surface area contributed by atoms with E-state index in [0.29, 0.717) is 0 Å². The van der Waals surface area contributed by atoms with Crippen LogP contribution in [-0.2, 0) is 9.84 Å². The Hall–Kier alpha value is -3.23. The molecule has 0 aliphatic carbocycles. The summed E-state index contributed by atoms with van der Waals surface area (Å²) in [4.78, 5) is 9.63. The van der Waals surface area contributed by atoms with E-state index in [2.05, 4.69) is 20.5 Å². The van der Waals surface area contributed by atoms with Crippen LogP contribution in [0.15, 0.2) is 89.0 Å². The van der Waals surface area contributed by atoms with Crippen molar-refractivity contribution in [2.24, 2.45) is 0 Å². The molecule has 0 radical (unpaired) electrons. The Morgan fingerprint density at radius 2 is 1.75 bits per heavy atom. The molecule has 140 valence electrons. The van der Waals surface area contributed by atoms with Crippen LogP contribution in [0, 0.1) is 0 Å². The largest absolute Gasteiger partial charge is 0.263 e. The van der Waals surface area contributed by atoms with Crippen LogP contribution in [0.5, 0.6) is 0 Å². The van der Waals surface area contributed by atoms with Crippen molar-refractivity contribution in [3.63, 3.8) is 0 Å². The lowest BCUT2D eigenvalue weighted by atomic mass is 10.2. The molecule has 9 heteroatoms. The van der Waals surface area contributed by atoms with Crippen molar-refractivity contribution < 1.29 is 8.42 Å². The summed E-state index contributed by atoms with van der Waals surface area (Å²) in [7, 11) is -3.78. The lowest BCUT2D eigenvalue weighted by Crippen LogP contribution is -2.14. The lowest BCUT2D eigenvalue weighted by Gasteiger charge is -2.12. The number of rotatable bonds is 5. The zero-order valence-electron chi connectivity index (χ0n) is 14.4. The van der Waals surface area contributed by atoms with Gasteiger partial charge in [-0.3, -0.25) is 10.4 Å². The molecule has 0 spiro atoms. The number of nitrogens with one attached hydrogen (secondary N) is 1. The summed E-state index contributed by atoms with van der Waals surface area (Å²) in [6, 6.07) is 17.2. The van der Waals surface area contributed by atoms with E-state index in [-0.39, 0.29) is 20.8 Å². The molecule has 0 bridgehead atoms. The van der Waals surface area contributed by atoms with Crippen molar-refractivity contribution >= 4 is 27.3 Å². The van der Waals surface area contributed by atoms with Gasteiger partial charge >= 0.3 is 0 Å². The number of anilines is 1. The maximum absolute atomic E-state index is 12.9. The first kappa shape index (κ1) is 18.1. The summed E-state index contributed by atoms with van der Waals surface area (Å²) in [6.45, 7) is 0. The summed E-state index contributed by atoms with van der Waals surface area (Å²) < 4.78 is 25.7. The predicted octanol–water partition coefficient (Wildman–Crippen LogP) is 3.70. The predicted molar refractivity (Wildman–Crippen MR) is 106 cm³/mol. The molecule has 0 aliphatic rings. The number of halogens is 1. The quantitative estimate of drug-likeness (QED) is 0.503. The van der Waals surface area contributed by atoms with Crippen molar-refractivity contribution in [3.8, 4) is 11.3 Å². The van der Waals surface area contributed by atoms with Gasteiger partial charge in [-0.15, -0.1) is 0 Å². The van der Waals surface area contributed by atoms with Crippen LogP contribution in [0.4, 0.5) is 5.82 Å². The minimum atomic E-state index is -3.78. The van der Waals surface area contributed by atoms with E-state index in [0.717, 1.165) is 11.3 Å². The number of nitrogens with zero attached hydrogens (tertiary/aromatic N) is 4. The summed E-state index contributed by atoms with van der Waals surface area (Å²) in [6.07, 6.45) is 4.43. The SMILES string of the molecule is O=S(=O)(c1cccnc1)c1cc(Cl)nc(Nn2nccc2-c2ccccc2)c1. The maximum atomic E-state index is 12.9. The number of pyridine rings is 2. The van der Waals surface area contributed by atoms with Crippen molar-refractivity contribution in [2.45, 2.75) is 9.79 Å². The van der Waals surface area contributed by atoms with Crippen LogP contribution in [0.2, 0.25) is 5.15 Å². The van der Waals surface area contributed by atoms with Gasteiger partial charge in [-0.25, -0.2) is 13.4 Å². The average molecular weight is 412 g/mol. The molecule has 28 heavy (non-hydrogen) atoms. The average Bonchev–Trinajstić information content (AvgIpc) is 3.17. The fourth-order valence-electron chi connectivity index (χ4n) is 2.66. The van der Waals surface area contributed by atoms with Gasteiger partial charge in [0.2, 0.25) is 9.84 Å². The molecule has 0 aliphatic heterocycles. The molecule has 0 unspecified atom stereocenters. The molecule has 3 aromatic heterocycles. The van der Waals surface area contributed by atoms with Crippen LogP contribution in [0.25, 0.3) is 11.3 Å². The van der Waals surface area contributed by atoms with Crippen molar-refractivity contribution in [1.82, 2.24) is 19.9 Å². The second kappa shape index (κ2) is 7.41. The monoisotopic (exact) mass is 411 g/mol. The van der Waals surface area contributed by atoms with Gasteiger partial charge in [0, 0.05) is 24.0 Å². The van der Waals surface area contributed by atoms with Gasteiger partial charge in [0.25, 0.3) is 0 Å². The Bertz CT molecular complexity index is 1210. The van der Waals surface area contributed by atoms with Gasteiger partial charge in [0.05, 0.1) is 21.7 Å². The van der Waals surface area contributed by atoms with Crippen LogP contribution in [0.1, 0.15) is 0 Å². The molecule has 0 amide bonds. The fraction of sp³-hybridized carbons (Fsp3) is 0. The lowest BCUT2D eigenvalue weighted by molar-refractivity contribution is 0.595. The third-order valence-electron chi connectivity index (χ3n) is 3.96. The third kappa shape index (κ3) is 3.60. The first-order valence-electron chi connectivity index (χ1n) is 8.23. The molecule has 0 saturated carbocycles. The highest BCUT2D eigenvalue weighted by Gasteiger charge is 2.20. The van der Waals surface area contributed by atoms with Crippen molar-refractivity contribution in [1.29, 1.82) is 0 Å². The van der Waals surface area contributed by atoms with Gasteiger partial charge in [0.15, 0.2) is 0 Å². The second-order valence-corrected chi connectivity index (χ2v) is 8.15. The van der Waals surface area contributed by atoms with E-state index in [1.807, 2.05) is 36.4 Å². The number of hydrogen-bond donors (Lipinski definition) is 1. The molecule has 0 fully saturated rings. The zero-order valence-corrected chi connectivity index (χ0v) is 16.0. The fourth-order valence-corrected chi connectivity index (χ4v) is 4.19. The Kier molecular flexibility index (Phi) is 4.81. The van der Waals surface area contributed by atoms with Crippen LogP contribution in [0.3, 0.4) is 0 Å². The number of hydrogen-bond acceptors (Lipinski definition) is 6. The van der Waals surface area contributed by atoms with Crippen LogP contribution >= 0.6 is 11.6 Å². The van der Waals surface area contributed by atoms with Crippen molar-refractivity contribution in [2.75, 3.05) is 5.43 Å². The molecule has 7 nitrogen and oxygen atoms in total. The molecule has 0 atom stereocenters. The molecule has 4 aromatic rings. The standard InChI is InChI=1S/C19H14ClN5O2S/c20-18-11-16(28(26,27)15-7-4-9-21-13-15)12-19(23-18)24-25-17(8-10-22-25)14-5-2-1-3-6-14/h1-13H,(H,23,24). The number of benzene rings is 1. The first-order valence-corrected chi connectivity index (χ1v) is 10.1. The van der Waals surface area contributed by atoms with E-state index in [9.17, 15) is 8.42 Å². The van der Waals surface area contributed by atoms with E-state index >= 15 is 0 Å². The summed E-state index contributed by atoms with van der Waals surface area (Å²) >= 11 is 6.08. The first-order chi connectivity index (χ1) is 13.5. The molecular formula is C19H14ClN5O2S. The van der Waals surface area contributed by atoms with E-state index in [1.54, 1.807) is 12.3 Å². The summed E-state index contributed by atoms with van der Waals surface area (Å²) in [5.74, 6) is 0.246. The van der Waals surface area contributed by atoms with Crippen LogP contribution < -0.4 is 5.43 Å². The Morgan fingerprint density at radius 3 is 2.50 bits per heavy atom. The topological polar surface area (TPSA) is 89.8 Å². The van der Waals surface area contributed by atoms with Gasteiger partial charge in [-0.05, 0) is 24.3 Å². The normalized spacial score (nSPS) is 11.3. The minimum Gasteiger partial charge on any atom is -0.263 e. The molecule has 0 saturated heterocycles. The Labute approximate surface area is 166 Å². The Morgan fingerprint density at radius 1 is 0.929 bits per heavy atom. The molecule has 1 N–H and O–H groups in total.